The van der Waals surface area contributed by atoms with Gasteiger partial charge in [-0.3, -0.25) is 39.9 Å². The molecule has 476 valence electrons. The van der Waals surface area contributed by atoms with Crippen molar-refractivity contribution >= 4 is 57.8 Å². The summed E-state index contributed by atoms with van der Waals surface area (Å²) in [6.07, 6.45) is 12.8. The van der Waals surface area contributed by atoms with E-state index in [9.17, 15) is 0 Å². The molecule has 24 bridgehead atoms. The maximum atomic E-state index is 5.49. The SMILES string of the molecule is CC1=C(C)/C2=C/c3[nH]c(c(C)c3C)C3=NC(=C(C)C3C)C3N=C(/C=C4\NC(C5=NC(C1=N2)C(C)=C5C)C(C)=C4C)C(C)=C3C.CCC1=C(C)C2N=C1/C=C1\NC(C3=NC(C4=N/C(=C\c5[nH]c(c(C)c5CC)C5=NC2=C(C)C5C)C(CC)=C4C)C(C)=C3C)C(C)=C1CC. The van der Waals surface area contributed by atoms with Crippen molar-refractivity contribution in [3.63, 3.8) is 0 Å². The third kappa shape index (κ3) is 9.31. The van der Waals surface area contributed by atoms with Crippen LogP contribution in [0.2, 0.25) is 0 Å². The number of nitrogens with one attached hydrogen (secondary N) is 4. The molecule has 0 amide bonds. The lowest BCUT2D eigenvalue weighted by molar-refractivity contribution is 0.840. The van der Waals surface area contributed by atoms with Crippen molar-refractivity contribution in [2.75, 3.05) is 0 Å². The van der Waals surface area contributed by atoms with E-state index in [1.54, 1.807) is 0 Å². The molecule has 0 saturated carbocycles. The van der Waals surface area contributed by atoms with Gasteiger partial charge in [0.1, 0.15) is 24.2 Å². The molecule has 0 saturated heterocycles. The Morgan fingerprint density at radius 1 is 0.337 bits per heavy atom. The van der Waals surface area contributed by atoms with Crippen molar-refractivity contribution in [2.24, 2.45) is 51.8 Å². The number of rotatable bonds is 4. The normalized spacial score (nSPS) is 29.7. The smallest absolute Gasteiger partial charge is 0.114 e. The molecule has 2 aromatic heterocycles. The first-order chi connectivity index (χ1) is 43.7. The first kappa shape index (κ1) is 62.7. The van der Waals surface area contributed by atoms with Crippen LogP contribution in [0.1, 0.15) is 210 Å². The molecule has 8 unspecified atom stereocenters. The number of nitrogens with zero attached hydrogens (tertiary/aromatic N) is 8. The lowest BCUT2D eigenvalue weighted by Crippen LogP contribution is -2.33. The van der Waals surface area contributed by atoms with E-state index >= 15 is 0 Å². The molecular formula is C80H96N12. The molecule has 0 fully saturated rings. The van der Waals surface area contributed by atoms with Gasteiger partial charge in [0.2, 0.25) is 0 Å². The second-order valence-corrected chi connectivity index (χ2v) is 28.1. The fourth-order valence-electron chi connectivity index (χ4n) is 16.4. The minimum atomic E-state index is -0.0737. The second-order valence-electron chi connectivity index (χ2n) is 28.1. The Hall–Kier alpha value is -8.12. The van der Waals surface area contributed by atoms with Gasteiger partial charge in [-0.25, -0.2) is 0 Å². The Morgan fingerprint density at radius 2 is 0.826 bits per heavy atom. The molecule has 0 spiro atoms. The molecule has 12 heteroatoms. The fourth-order valence-corrected chi connectivity index (χ4v) is 16.4. The lowest BCUT2D eigenvalue weighted by atomic mass is 9.92. The zero-order valence-corrected chi connectivity index (χ0v) is 59.3. The van der Waals surface area contributed by atoms with Crippen LogP contribution < -0.4 is 10.6 Å². The first-order valence-corrected chi connectivity index (χ1v) is 34.1. The van der Waals surface area contributed by atoms with Gasteiger partial charge in [0, 0.05) is 34.6 Å². The molecule has 12 aliphatic rings. The van der Waals surface area contributed by atoms with Gasteiger partial charge in [0.05, 0.1) is 92.0 Å². The second kappa shape index (κ2) is 22.9. The van der Waals surface area contributed by atoms with Gasteiger partial charge < -0.3 is 20.6 Å². The van der Waals surface area contributed by atoms with Crippen LogP contribution in [0.5, 0.6) is 0 Å². The molecule has 4 N–H and O–H groups in total. The lowest BCUT2D eigenvalue weighted by Gasteiger charge is -2.16. The van der Waals surface area contributed by atoms with Gasteiger partial charge in [0.25, 0.3) is 0 Å². The van der Waals surface area contributed by atoms with Gasteiger partial charge in [-0.1, -0.05) is 41.5 Å². The maximum absolute atomic E-state index is 5.49. The summed E-state index contributed by atoms with van der Waals surface area (Å²) in [5.74, 6) is 0.414. The highest BCUT2D eigenvalue weighted by molar-refractivity contribution is 6.20. The monoisotopic (exact) mass is 1220 g/mol. The molecule has 2 aromatic rings. The van der Waals surface area contributed by atoms with Crippen LogP contribution in [0.3, 0.4) is 0 Å². The van der Waals surface area contributed by atoms with Crippen LogP contribution in [0.25, 0.3) is 12.2 Å². The van der Waals surface area contributed by atoms with E-state index in [0.29, 0.717) is 0 Å². The molecule has 14 rings (SSSR count). The third-order valence-corrected chi connectivity index (χ3v) is 23.7. The summed E-state index contributed by atoms with van der Waals surface area (Å²) < 4.78 is 0. The van der Waals surface area contributed by atoms with Crippen molar-refractivity contribution in [3.8, 4) is 0 Å². The highest BCUT2D eigenvalue weighted by Gasteiger charge is 2.42. The van der Waals surface area contributed by atoms with Crippen LogP contribution >= 0.6 is 0 Å². The molecular weight excluding hydrogens is 1130 g/mol. The van der Waals surface area contributed by atoms with E-state index in [4.69, 9.17) is 39.9 Å². The number of hydrogen-bond acceptors (Lipinski definition) is 10. The molecule has 0 aromatic carbocycles. The number of aliphatic imine (C=N–C) groups is 8. The van der Waals surface area contributed by atoms with Crippen molar-refractivity contribution < 1.29 is 0 Å². The minimum absolute atomic E-state index is 0.0353. The quantitative estimate of drug-likeness (QED) is 0.225. The van der Waals surface area contributed by atoms with Crippen LogP contribution in [-0.2, 0) is 6.42 Å². The van der Waals surface area contributed by atoms with E-state index in [-0.39, 0.29) is 48.1 Å². The average Bonchev–Trinajstić information content (AvgIpc) is 1.61. The number of aromatic nitrogens is 2. The van der Waals surface area contributed by atoms with Gasteiger partial charge in [-0.15, -0.1) is 0 Å². The third-order valence-electron chi connectivity index (χ3n) is 23.7. The minimum Gasteiger partial charge on any atom is -0.373 e. The van der Waals surface area contributed by atoms with E-state index in [2.05, 4.69) is 211 Å². The number of H-pyrrole nitrogens is 2. The van der Waals surface area contributed by atoms with Crippen molar-refractivity contribution in [1.29, 1.82) is 0 Å². The largest absolute Gasteiger partial charge is 0.373 e. The molecule has 0 radical (unpaired) electrons. The van der Waals surface area contributed by atoms with Gasteiger partial charge >= 0.3 is 0 Å². The molecule has 0 aliphatic carbocycles. The number of hydrogen-bond donors (Lipinski definition) is 4. The highest BCUT2D eigenvalue weighted by Crippen LogP contribution is 2.45. The predicted molar refractivity (Wildman–Crippen MR) is 389 cm³/mol. The van der Waals surface area contributed by atoms with Crippen molar-refractivity contribution in [3.05, 3.63) is 192 Å². The van der Waals surface area contributed by atoms with E-state index in [1.165, 1.54) is 128 Å². The van der Waals surface area contributed by atoms with Gasteiger partial charge in [0.15, 0.2) is 0 Å². The predicted octanol–water partition coefficient (Wildman–Crippen LogP) is 17.4. The van der Waals surface area contributed by atoms with E-state index in [1.807, 2.05) is 0 Å². The maximum Gasteiger partial charge on any atom is 0.114 e. The van der Waals surface area contributed by atoms with Gasteiger partial charge in [-0.05, 0) is 297 Å². The first-order valence-electron chi connectivity index (χ1n) is 34.1. The standard InChI is InChI=1S/C42H52N6.C38H44N6/c1-13-27-23(9)39-35-19(5)20(6)36(47-35)41-25(11)29(15-3)33(45-41)18-34-30(16-4)26(12)42(46-34)38-22(8)21(7)37(48-38)40-24(10)28(14-2)32(44-40)17-31(27)43-39;1-15-19(5)31-35-23(9)24(10)36(43-35)33-21(7)17(3)29(41-33)14-30-18(4)22(8)34(42-30)38-26(12)25(11)37(44-38)32-20(6)16(2)28(40-32)13-27(15)39-31/h17-19,37,41-43,46H,13-16H2,1-12H3;13-14,23,33-34,37,39,42H,1-12H3/b32-17-,34-18-;28-13-,30-14-. The Bertz CT molecular complexity index is 4540. The number of allylic oxidation sites excluding steroid dienone is 10. The molecule has 12 nitrogen and oxygen atoms in total. The Kier molecular flexibility index (Phi) is 15.6. The van der Waals surface area contributed by atoms with Crippen molar-refractivity contribution in [2.45, 2.75) is 228 Å². The van der Waals surface area contributed by atoms with E-state index in [0.717, 1.165) is 123 Å². The molecule has 14 heterocycles. The van der Waals surface area contributed by atoms with Crippen LogP contribution in [0.15, 0.2) is 187 Å². The summed E-state index contributed by atoms with van der Waals surface area (Å²) in [6.45, 7) is 53.7. The van der Waals surface area contributed by atoms with Crippen LogP contribution in [0.4, 0.5) is 0 Å². The van der Waals surface area contributed by atoms with E-state index < -0.39 is 0 Å². The Morgan fingerprint density at radius 3 is 1.41 bits per heavy atom. The summed E-state index contributed by atoms with van der Waals surface area (Å²) in [5, 5.41) is 7.79. The summed E-state index contributed by atoms with van der Waals surface area (Å²) in [4.78, 5) is 50.7. The summed E-state index contributed by atoms with van der Waals surface area (Å²) in [5.41, 5.74) is 48.1. The average molecular weight is 1230 g/mol. The molecule has 92 heavy (non-hydrogen) atoms. The van der Waals surface area contributed by atoms with Crippen molar-refractivity contribution in [1.82, 2.24) is 20.6 Å². The zero-order valence-electron chi connectivity index (χ0n) is 59.3. The fraction of sp³-hybridized carbons (Fsp3) is 0.450. The highest BCUT2D eigenvalue weighted by atomic mass is 15.0. The Labute approximate surface area is 547 Å². The topological polar surface area (TPSA) is 155 Å². The van der Waals surface area contributed by atoms with Crippen LogP contribution in [0, 0.1) is 32.6 Å². The van der Waals surface area contributed by atoms with Crippen LogP contribution in [-0.4, -0.2) is 91.9 Å². The Balaban J connectivity index is 0.000000169. The summed E-state index contributed by atoms with van der Waals surface area (Å²) in [6, 6.07) is -0.203. The zero-order chi connectivity index (χ0) is 65.9. The number of aromatic amines is 2. The molecule has 8 atom stereocenters. The number of fused-ring (bicyclic) bond motifs is 24. The van der Waals surface area contributed by atoms with Gasteiger partial charge in [-0.2, -0.15) is 0 Å². The molecule has 12 aliphatic heterocycles. The summed E-state index contributed by atoms with van der Waals surface area (Å²) >= 11 is 0. The summed E-state index contributed by atoms with van der Waals surface area (Å²) in [7, 11) is 0.